The normalized spacial score (nSPS) is 14.8. The van der Waals surface area contributed by atoms with Crippen LogP contribution < -0.4 is 0 Å². The molecule has 68 valence electrons. The van der Waals surface area contributed by atoms with E-state index < -0.39 is 11.5 Å². The molecule has 0 bridgehead atoms. The van der Waals surface area contributed by atoms with Gasteiger partial charge in [0.15, 0.2) is 6.10 Å². The molecule has 0 saturated carbocycles. The van der Waals surface area contributed by atoms with Gasteiger partial charge in [-0.05, 0) is 35.5 Å². The standard InChI is InChI=1S/C7H7ClF2OS/c1-4-2-5(3-12-4)6(11)7(8,9)10/h2-3,6,11H,1H3. The number of hydrogen-bond acceptors (Lipinski definition) is 2. The van der Waals surface area contributed by atoms with Crippen molar-refractivity contribution in [1.82, 2.24) is 0 Å². The molecule has 1 atom stereocenters. The molecule has 0 aliphatic heterocycles. The van der Waals surface area contributed by atoms with Crippen molar-refractivity contribution in [3.63, 3.8) is 0 Å². The smallest absolute Gasteiger partial charge is 0.351 e. The minimum absolute atomic E-state index is 0.164. The van der Waals surface area contributed by atoms with Crippen molar-refractivity contribution in [3.8, 4) is 0 Å². The van der Waals surface area contributed by atoms with E-state index in [2.05, 4.69) is 11.6 Å². The molecule has 1 aromatic heterocycles. The lowest BCUT2D eigenvalue weighted by Crippen LogP contribution is -2.18. The Kier molecular flexibility index (Phi) is 2.70. The Morgan fingerprint density at radius 2 is 2.25 bits per heavy atom. The molecule has 0 radical (unpaired) electrons. The van der Waals surface area contributed by atoms with Gasteiger partial charge in [0.1, 0.15) is 0 Å². The van der Waals surface area contributed by atoms with Crippen LogP contribution >= 0.6 is 22.9 Å². The predicted molar refractivity (Wildman–Crippen MR) is 44.8 cm³/mol. The third-order valence-corrected chi connectivity index (χ3v) is 2.46. The lowest BCUT2D eigenvalue weighted by Gasteiger charge is -2.13. The second kappa shape index (κ2) is 3.28. The van der Waals surface area contributed by atoms with E-state index in [1.165, 1.54) is 22.8 Å². The summed E-state index contributed by atoms with van der Waals surface area (Å²) in [6.45, 7) is 1.77. The maximum atomic E-state index is 12.3. The van der Waals surface area contributed by atoms with E-state index in [4.69, 9.17) is 5.11 Å². The SMILES string of the molecule is Cc1cc(C(O)C(F)(F)Cl)cs1. The van der Waals surface area contributed by atoms with Gasteiger partial charge in [-0.15, -0.1) is 11.3 Å². The zero-order chi connectivity index (χ0) is 9.35. The number of halogens is 3. The zero-order valence-corrected chi connectivity index (χ0v) is 7.79. The van der Waals surface area contributed by atoms with Crippen molar-refractivity contribution in [2.75, 3.05) is 0 Å². The highest BCUT2D eigenvalue weighted by Gasteiger charge is 2.37. The number of thiophene rings is 1. The van der Waals surface area contributed by atoms with Crippen molar-refractivity contribution in [2.45, 2.75) is 18.4 Å². The van der Waals surface area contributed by atoms with Crippen molar-refractivity contribution in [3.05, 3.63) is 21.9 Å². The van der Waals surface area contributed by atoms with Crippen molar-refractivity contribution in [2.24, 2.45) is 0 Å². The molecular formula is C7H7ClF2OS. The minimum atomic E-state index is -3.59. The Hall–Kier alpha value is -0.190. The van der Waals surface area contributed by atoms with Crippen LogP contribution in [0.4, 0.5) is 8.78 Å². The van der Waals surface area contributed by atoms with Crippen molar-refractivity contribution in [1.29, 1.82) is 0 Å². The van der Waals surface area contributed by atoms with Crippen LogP contribution in [0.25, 0.3) is 0 Å². The van der Waals surface area contributed by atoms with Gasteiger partial charge in [0.25, 0.3) is 0 Å². The van der Waals surface area contributed by atoms with Crippen LogP contribution in [0, 0.1) is 6.92 Å². The molecule has 1 aromatic rings. The largest absolute Gasteiger partial charge is 0.381 e. The molecule has 0 aromatic carbocycles. The van der Waals surface area contributed by atoms with E-state index in [-0.39, 0.29) is 5.56 Å². The molecule has 1 heterocycles. The Morgan fingerprint density at radius 1 is 1.67 bits per heavy atom. The number of aryl methyl sites for hydroxylation is 1. The fraction of sp³-hybridized carbons (Fsp3) is 0.429. The Labute approximate surface area is 77.6 Å². The van der Waals surface area contributed by atoms with Gasteiger partial charge in [-0.3, -0.25) is 0 Å². The summed E-state index contributed by atoms with van der Waals surface area (Å²) in [5.41, 5.74) is 0.164. The minimum Gasteiger partial charge on any atom is -0.381 e. The second-order valence-electron chi connectivity index (χ2n) is 2.43. The van der Waals surface area contributed by atoms with Gasteiger partial charge in [0.05, 0.1) is 0 Å². The van der Waals surface area contributed by atoms with Gasteiger partial charge in [0, 0.05) is 4.88 Å². The van der Waals surface area contributed by atoms with Crippen LogP contribution in [0.1, 0.15) is 16.5 Å². The number of aliphatic hydroxyl groups excluding tert-OH is 1. The number of alkyl halides is 3. The molecule has 1 rings (SSSR count). The summed E-state index contributed by atoms with van der Waals surface area (Å²) >= 11 is 5.95. The lowest BCUT2D eigenvalue weighted by atomic mass is 10.2. The molecule has 1 N–H and O–H groups in total. The second-order valence-corrected chi connectivity index (χ2v) is 4.05. The molecule has 1 unspecified atom stereocenters. The van der Waals surface area contributed by atoms with Gasteiger partial charge >= 0.3 is 5.38 Å². The van der Waals surface area contributed by atoms with Crippen molar-refractivity contribution >= 4 is 22.9 Å². The van der Waals surface area contributed by atoms with Crippen molar-refractivity contribution < 1.29 is 13.9 Å². The molecule has 1 nitrogen and oxygen atoms in total. The Morgan fingerprint density at radius 3 is 2.58 bits per heavy atom. The van der Waals surface area contributed by atoms with Crippen LogP contribution in [-0.2, 0) is 0 Å². The first-order chi connectivity index (χ1) is 5.41. The van der Waals surface area contributed by atoms with Gasteiger partial charge in [-0.1, -0.05) is 0 Å². The highest BCUT2D eigenvalue weighted by molar-refractivity contribution is 7.10. The molecule has 0 aliphatic carbocycles. The molecule has 0 aliphatic rings. The Balaban J connectivity index is 2.85. The highest BCUT2D eigenvalue weighted by atomic mass is 35.5. The van der Waals surface area contributed by atoms with E-state index >= 15 is 0 Å². The summed E-state index contributed by atoms with van der Waals surface area (Å²) < 4.78 is 24.7. The molecule has 0 saturated heterocycles. The fourth-order valence-electron chi connectivity index (χ4n) is 0.796. The molecule has 5 heteroatoms. The summed E-state index contributed by atoms with van der Waals surface area (Å²) in [5.74, 6) is 0. The highest BCUT2D eigenvalue weighted by Crippen LogP contribution is 2.36. The summed E-state index contributed by atoms with van der Waals surface area (Å²) in [7, 11) is 0. The molecule has 12 heavy (non-hydrogen) atoms. The summed E-state index contributed by atoms with van der Waals surface area (Å²) in [6, 6.07) is 1.49. The predicted octanol–water partition coefficient (Wildman–Crippen LogP) is 2.92. The number of rotatable bonds is 2. The van der Waals surface area contributed by atoms with E-state index in [9.17, 15) is 8.78 Å². The molecule has 0 fully saturated rings. The van der Waals surface area contributed by atoms with Gasteiger partial charge in [0.2, 0.25) is 0 Å². The third kappa shape index (κ3) is 2.15. The van der Waals surface area contributed by atoms with Gasteiger partial charge in [-0.25, -0.2) is 0 Å². The maximum absolute atomic E-state index is 12.3. The first-order valence-corrected chi connectivity index (χ1v) is 4.47. The van der Waals surface area contributed by atoms with E-state index in [0.29, 0.717) is 0 Å². The van der Waals surface area contributed by atoms with E-state index in [1.54, 1.807) is 6.92 Å². The Bertz CT molecular complexity index is 269. The van der Waals surface area contributed by atoms with Crippen LogP contribution in [-0.4, -0.2) is 10.5 Å². The van der Waals surface area contributed by atoms with Crippen LogP contribution in [0.3, 0.4) is 0 Å². The average molecular weight is 213 g/mol. The lowest BCUT2D eigenvalue weighted by molar-refractivity contribution is -0.0422. The summed E-state index contributed by atoms with van der Waals surface area (Å²) in [4.78, 5) is 0.866. The maximum Gasteiger partial charge on any atom is 0.351 e. The van der Waals surface area contributed by atoms with Crippen LogP contribution in [0.15, 0.2) is 11.4 Å². The quantitative estimate of drug-likeness (QED) is 0.748. The molecule has 0 amide bonds. The van der Waals surface area contributed by atoms with Gasteiger partial charge < -0.3 is 5.11 Å². The van der Waals surface area contributed by atoms with Crippen LogP contribution in [0.5, 0.6) is 0 Å². The average Bonchev–Trinajstić information content (AvgIpc) is 2.32. The number of aliphatic hydroxyl groups is 1. The monoisotopic (exact) mass is 212 g/mol. The van der Waals surface area contributed by atoms with E-state index in [0.717, 1.165) is 4.88 Å². The first kappa shape index (κ1) is 9.89. The zero-order valence-electron chi connectivity index (χ0n) is 6.22. The van der Waals surface area contributed by atoms with E-state index in [1.807, 2.05) is 0 Å². The molecule has 0 spiro atoms. The summed E-state index contributed by atoms with van der Waals surface area (Å²) in [6.07, 6.45) is -1.91. The fourth-order valence-corrected chi connectivity index (χ4v) is 1.65. The molecular weight excluding hydrogens is 206 g/mol. The first-order valence-electron chi connectivity index (χ1n) is 3.21. The third-order valence-electron chi connectivity index (χ3n) is 1.38. The van der Waals surface area contributed by atoms with Gasteiger partial charge in [-0.2, -0.15) is 8.78 Å². The number of hydrogen-bond donors (Lipinski definition) is 1. The topological polar surface area (TPSA) is 20.2 Å². The van der Waals surface area contributed by atoms with Crippen LogP contribution in [0.2, 0.25) is 0 Å². The summed E-state index contributed by atoms with van der Waals surface area (Å²) in [5, 5.41) is 6.87.